The quantitative estimate of drug-likeness (QED) is 0.410. The molecule has 3 N–H and O–H groups in total. The number of nitrogens with zero attached hydrogens (tertiary/aromatic N) is 1. The number of nitrogens with one attached hydrogen (secondary N) is 2. The predicted octanol–water partition coefficient (Wildman–Crippen LogP) is 2.29. The Labute approximate surface area is 154 Å². The van der Waals surface area contributed by atoms with E-state index in [4.69, 9.17) is 4.42 Å². The monoisotopic (exact) mass is 399 g/mol. The Morgan fingerprint density at radius 2 is 1.86 bits per heavy atom. The molecule has 0 spiro atoms. The van der Waals surface area contributed by atoms with E-state index in [0.29, 0.717) is 0 Å². The zero-order chi connectivity index (χ0) is 20.7. The van der Waals surface area contributed by atoms with Crippen LogP contribution in [0.1, 0.15) is 22.2 Å². The summed E-state index contributed by atoms with van der Waals surface area (Å²) in [5, 5.41) is 24.5. The number of aliphatic hydroxyl groups is 1. The Bertz CT molecular complexity index is 929. The highest BCUT2D eigenvalue weighted by molar-refractivity contribution is 6.00. The Morgan fingerprint density at radius 3 is 2.39 bits per heavy atom. The third-order valence-corrected chi connectivity index (χ3v) is 4.25. The first-order chi connectivity index (χ1) is 13.0. The molecular weight excluding hydrogens is 387 g/mol. The minimum absolute atomic E-state index is 0.167. The van der Waals surface area contributed by atoms with E-state index in [2.05, 4.69) is 5.32 Å². The highest BCUT2D eigenvalue weighted by atomic mass is 19.4. The molecular formula is C16H12F3N3O6. The first kappa shape index (κ1) is 19.4. The number of carbonyl (C=O) groups is 2. The first-order valence-corrected chi connectivity index (χ1v) is 7.76. The zero-order valence-electron chi connectivity index (χ0n) is 13.8. The number of hydrogen-bond acceptors (Lipinski definition) is 6. The number of benzene rings is 1. The SMILES string of the molecule is O=C1N[C@H](c2ccc([N+](=O)[O-])o2)[C@H](C(=O)c2ccccc2)[C@@](O)(C(F)(F)F)N1. The van der Waals surface area contributed by atoms with Gasteiger partial charge in [0, 0.05) is 5.56 Å². The second-order valence-electron chi connectivity index (χ2n) is 5.98. The average molecular weight is 399 g/mol. The van der Waals surface area contributed by atoms with Crippen molar-refractivity contribution in [3.63, 3.8) is 0 Å². The third kappa shape index (κ3) is 3.17. The Balaban J connectivity index is 2.15. The molecule has 0 radical (unpaired) electrons. The fourth-order valence-electron chi connectivity index (χ4n) is 2.97. The summed E-state index contributed by atoms with van der Waals surface area (Å²) in [4.78, 5) is 34.5. The molecule has 2 amide bonds. The summed E-state index contributed by atoms with van der Waals surface area (Å²) < 4.78 is 45.9. The normalized spacial score (nSPS) is 24.9. The van der Waals surface area contributed by atoms with Gasteiger partial charge in [0.1, 0.15) is 22.6 Å². The molecule has 1 aromatic carbocycles. The minimum atomic E-state index is -5.43. The number of rotatable bonds is 4. The van der Waals surface area contributed by atoms with E-state index >= 15 is 0 Å². The topological polar surface area (TPSA) is 135 Å². The van der Waals surface area contributed by atoms with Gasteiger partial charge in [-0.3, -0.25) is 14.9 Å². The number of amides is 2. The number of hydrogen-bond donors (Lipinski definition) is 3. The maximum Gasteiger partial charge on any atom is 0.437 e. The maximum atomic E-state index is 13.7. The van der Waals surface area contributed by atoms with Crippen molar-refractivity contribution in [2.75, 3.05) is 0 Å². The van der Waals surface area contributed by atoms with Crippen LogP contribution in [-0.4, -0.2) is 33.7 Å². The molecule has 1 aliphatic heterocycles. The molecule has 1 saturated heterocycles. The van der Waals surface area contributed by atoms with Crippen LogP contribution in [0.2, 0.25) is 0 Å². The number of nitro groups is 1. The van der Waals surface area contributed by atoms with Gasteiger partial charge >= 0.3 is 18.1 Å². The van der Waals surface area contributed by atoms with Crippen molar-refractivity contribution in [3.8, 4) is 0 Å². The summed E-state index contributed by atoms with van der Waals surface area (Å²) in [6.45, 7) is 0. The minimum Gasteiger partial charge on any atom is -0.404 e. The van der Waals surface area contributed by atoms with Gasteiger partial charge in [0.05, 0.1) is 6.07 Å². The maximum absolute atomic E-state index is 13.7. The van der Waals surface area contributed by atoms with Crippen molar-refractivity contribution in [3.05, 3.63) is 63.9 Å². The van der Waals surface area contributed by atoms with Crippen LogP contribution in [0.25, 0.3) is 0 Å². The van der Waals surface area contributed by atoms with E-state index in [1.807, 2.05) is 0 Å². The number of Topliss-reactive ketones (excluding diaryl/α,β-unsaturated/α-hetero) is 1. The van der Waals surface area contributed by atoms with E-state index in [9.17, 15) is 38.0 Å². The molecule has 28 heavy (non-hydrogen) atoms. The van der Waals surface area contributed by atoms with E-state index in [1.165, 1.54) is 35.6 Å². The smallest absolute Gasteiger partial charge is 0.404 e. The number of alkyl halides is 3. The highest BCUT2D eigenvalue weighted by Crippen LogP contribution is 2.44. The number of urea groups is 1. The number of furan rings is 1. The van der Waals surface area contributed by atoms with Crippen molar-refractivity contribution in [1.82, 2.24) is 10.6 Å². The average Bonchev–Trinajstić information content (AvgIpc) is 3.11. The van der Waals surface area contributed by atoms with Crippen LogP contribution in [0.3, 0.4) is 0 Å². The second-order valence-corrected chi connectivity index (χ2v) is 5.98. The molecule has 1 aromatic heterocycles. The van der Waals surface area contributed by atoms with Gasteiger partial charge in [-0.05, 0) is 6.07 Å². The van der Waals surface area contributed by atoms with Crippen LogP contribution in [0, 0.1) is 16.0 Å². The number of halogens is 3. The van der Waals surface area contributed by atoms with Gasteiger partial charge in [0.15, 0.2) is 5.78 Å². The lowest BCUT2D eigenvalue weighted by Crippen LogP contribution is -2.72. The van der Waals surface area contributed by atoms with Crippen molar-refractivity contribution in [2.45, 2.75) is 17.9 Å². The molecule has 0 bridgehead atoms. The van der Waals surface area contributed by atoms with Crippen LogP contribution >= 0.6 is 0 Å². The summed E-state index contributed by atoms with van der Waals surface area (Å²) >= 11 is 0. The Kier molecular flexibility index (Phi) is 4.59. The first-order valence-electron chi connectivity index (χ1n) is 7.76. The van der Waals surface area contributed by atoms with E-state index in [1.54, 1.807) is 0 Å². The fourth-order valence-corrected chi connectivity index (χ4v) is 2.97. The van der Waals surface area contributed by atoms with Crippen LogP contribution in [0.5, 0.6) is 0 Å². The Morgan fingerprint density at radius 1 is 1.21 bits per heavy atom. The summed E-state index contributed by atoms with van der Waals surface area (Å²) in [6.07, 6.45) is -5.43. The lowest BCUT2D eigenvalue weighted by molar-refractivity contribution is -0.402. The van der Waals surface area contributed by atoms with Crippen molar-refractivity contribution >= 4 is 17.7 Å². The summed E-state index contributed by atoms with van der Waals surface area (Å²) in [6, 6.07) is 5.37. The van der Waals surface area contributed by atoms with Crippen LogP contribution in [-0.2, 0) is 0 Å². The van der Waals surface area contributed by atoms with Gasteiger partial charge in [-0.15, -0.1) is 0 Å². The molecule has 3 rings (SSSR count). The third-order valence-electron chi connectivity index (χ3n) is 4.25. The summed E-state index contributed by atoms with van der Waals surface area (Å²) in [5.41, 5.74) is -4.10. The molecule has 0 saturated carbocycles. The standard InChI is InChI=1S/C16H12F3N3O6/c17-16(18,19)15(25)11(13(23)8-4-2-1-3-5-8)12(20-14(24)21-15)9-6-7-10(28-9)22(26)27/h1-7,11-12,25H,(H2,20,21,24)/t11-,12-,15-/m1/s1. The van der Waals surface area contributed by atoms with E-state index in [-0.39, 0.29) is 5.56 Å². The van der Waals surface area contributed by atoms with Gasteiger partial charge in [0.25, 0.3) is 0 Å². The zero-order valence-corrected chi connectivity index (χ0v) is 13.8. The van der Waals surface area contributed by atoms with Gasteiger partial charge in [-0.25, -0.2) is 4.79 Å². The van der Waals surface area contributed by atoms with Crippen LogP contribution < -0.4 is 10.6 Å². The van der Waals surface area contributed by atoms with Crippen molar-refractivity contribution < 1.29 is 37.2 Å². The molecule has 9 nitrogen and oxygen atoms in total. The molecule has 0 aliphatic carbocycles. The summed E-state index contributed by atoms with van der Waals surface area (Å²) in [5.74, 6) is -4.77. The van der Waals surface area contributed by atoms with Crippen molar-refractivity contribution in [1.29, 1.82) is 0 Å². The molecule has 148 valence electrons. The number of carbonyl (C=O) groups excluding carboxylic acids is 2. The van der Waals surface area contributed by atoms with Gasteiger partial charge in [-0.2, -0.15) is 13.2 Å². The molecule has 0 unspecified atom stereocenters. The largest absolute Gasteiger partial charge is 0.437 e. The predicted molar refractivity (Wildman–Crippen MR) is 85.0 cm³/mol. The fraction of sp³-hybridized carbons (Fsp3) is 0.250. The Hall–Kier alpha value is -3.41. The van der Waals surface area contributed by atoms with Gasteiger partial charge in [-0.1, -0.05) is 30.3 Å². The molecule has 3 atom stereocenters. The molecule has 1 aliphatic rings. The van der Waals surface area contributed by atoms with E-state index in [0.717, 1.165) is 12.1 Å². The van der Waals surface area contributed by atoms with Gasteiger partial charge in [0.2, 0.25) is 5.72 Å². The van der Waals surface area contributed by atoms with Crippen LogP contribution in [0.15, 0.2) is 46.9 Å². The van der Waals surface area contributed by atoms with E-state index < -0.39 is 52.2 Å². The molecule has 1 fully saturated rings. The van der Waals surface area contributed by atoms with Crippen LogP contribution in [0.4, 0.5) is 23.8 Å². The highest BCUT2D eigenvalue weighted by Gasteiger charge is 2.67. The van der Waals surface area contributed by atoms with Gasteiger partial charge < -0.3 is 20.2 Å². The van der Waals surface area contributed by atoms with Crippen molar-refractivity contribution in [2.24, 2.45) is 5.92 Å². The second kappa shape index (κ2) is 6.64. The summed E-state index contributed by atoms with van der Waals surface area (Å²) in [7, 11) is 0. The number of ketones is 1. The molecule has 2 heterocycles. The lowest BCUT2D eigenvalue weighted by Gasteiger charge is -2.44. The lowest BCUT2D eigenvalue weighted by atomic mass is 9.79. The molecule has 12 heteroatoms. The molecule has 2 aromatic rings.